The van der Waals surface area contributed by atoms with Gasteiger partial charge in [-0.2, -0.15) is 5.10 Å². The maximum Gasteiger partial charge on any atom is 0.189 e. The lowest BCUT2D eigenvalue weighted by Gasteiger charge is -2.11. The quantitative estimate of drug-likeness (QED) is 0.359. The van der Waals surface area contributed by atoms with Crippen molar-refractivity contribution in [2.75, 3.05) is 7.11 Å². The first-order chi connectivity index (χ1) is 13.9. The van der Waals surface area contributed by atoms with Crippen LogP contribution < -0.4 is 9.47 Å². The van der Waals surface area contributed by atoms with Gasteiger partial charge in [0.1, 0.15) is 18.1 Å². The smallest absolute Gasteiger partial charge is 0.189 e. The van der Waals surface area contributed by atoms with Crippen LogP contribution in [-0.2, 0) is 13.7 Å². The fraction of sp³-hybridized carbons (Fsp3) is 0.217. The number of ketones is 1. The standard InChI is InChI=1S/C23H23BrN2O3/c1-15-23(16(2)26(3)25-15)21(27)10-8-17-9-11-22(28-4)18(12-17)14-29-20-7-5-6-19(24)13-20/h5-13H,14H2,1-4H3/b10-8+. The first kappa shape index (κ1) is 20.9. The van der Waals surface area contributed by atoms with E-state index >= 15 is 0 Å². The van der Waals surface area contributed by atoms with Gasteiger partial charge in [-0.1, -0.05) is 34.1 Å². The molecule has 0 atom stereocenters. The van der Waals surface area contributed by atoms with E-state index in [1.165, 1.54) is 0 Å². The Balaban J connectivity index is 1.78. The number of aromatic nitrogens is 2. The van der Waals surface area contributed by atoms with E-state index in [4.69, 9.17) is 9.47 Å². The van der Waals surface area contributed by atoms with E-state index in [-0.39, 0.29) is 5.78 Å². The highest BCUT2D eigenvalue weighted by molar-refractivity contribution is 9.10. The second-order valence-electron chi connectivity index (χ2n) is 6.68. The highest BCUT2D eigenvalue weighted by atomic mass is 79.9. The molecule has 3 aromatic rings. The Hall–Kier alpha value is -2.86. The van der Waals surface area contributed by atoms with Gasteiger partial charge < -0.3 is 9.47 Å². The Labute approximate surface area is 179 Å². The molecule has 0 bridgehead atoms. The van der Waals surface area contributed by atoms with Crippen LogP contribution in [0.15, 0.2) is 53.0 Å². The van der Waals surface area contributed by atoms with Gasteiger partial charge in [0.05, 0.1) is 18.4 Å². The number of allylic oxidation sites excluding steroid dienone is 1. The van der Waals surface area contributed by atoms with Crippen LogP contribution in [0.4, 0.5) is 0 Å². The van der Waals surface area contributed by atoms with Crippen molar-refractivity contribution in [1.82, 2.24) is 9.78 Å². The van der Waals surface area contributed by atoms with Crippen LogP contribution in [0.5, 0.6) is 11.5 Å². The number of halogens is 1. The largest absolute Gasteiger partial charge is 0.496 e. The molecular formula is C23H23BrN2O3. The zero-order valence-corrected chi connectivity index (χ0v) is 18.5. The van der Waals surface area contributed by atoms with Crippen LogP contribution in [-0.4, -0.2) is 22.7 Å². The van der Waals surface area contributed by atoms with E-state index in [0.29, 0.717) is 12.2 Å². The summed E-state index contributed by atoms with van der Waals surface area (Å²) in [7, 11) is 3.47. The number of rotatable bonds is 7. The van der Waals surface area contributed by atoms with Gasteiger partial charge in [0.15, 0.2) is 5.78 Å². The van der Waals surface area contributed by atoms with Crippen molar-refractivity contribution in [2.45, 2.75) is 20.5 Å². The maximum absolute atomic E-state index is 12.6. The Morgan fingerprint density at radius 2 is 2.00 bits per heavy atom. The molecule has 0 radical (unpaired) electrons. The molecule has 0 aliphatic heterocycles. The maximum atomic E-state index is 12.6. The molecule has 29 heavy (non-hydrogen) atoms. The van der Waals surface area contributed by atoms with Crippen LogP contribution in [0.1, 0.15) is 32.9 Å². The molecule has 6 heteroatoms. The molecule has 2 aromatic carbocycles. The molecule has 0 saturated carbocycles. The molecule has 0 fully saturated rings. The van der Waals surface area contributed by atoms with Crippen LogP contribution in [0.2, 0.25) is 0 Å². The van der Waals surface area contributed by atoms with Gasteiger partial charge in [-0.25, -0.2) is 0 Å². The minimum atomic E-state index is -0.0594. The average molecular weight is 455 g/mol. The summed E-state index contributed by atoms with van der Waals surface area (Å²) in [6.45, 7) is 4.10. The fourth-order valence-electron chi connectivity index (χ4n) is 3.12. The number of nitrogens with zero attached hydrogens (tertiary/aromatic N) is 2. The highest BCUT2D eigenvalue weighted by Crippen LogP contribution is 2.24. The van der Waals surface area contributed by atoms with Gasteiger partial charge in [0, 0.05) is 22.8 Å². The van der Waals surface area contributed by atoms with Crippen LogP contribution in [0.25, 0.3) is 6.08 Å². The number of hydrogen-bond donors (Lipinski definition) is 0. The van der Waals surface area contributed by atoms with Crippen molar-refractivity contribution in [2.24, 2.45) is 7.05 Å². The molecule has 3 rings (SSSR count). The summed E-state index contributed by atoms with van der Waals surface area (Å²) in [5.41, 5.74) is 4.03. The van der Waals surface area contributed by atoms with Gasteiger partial charge in [-0.05, 0) is 55.8 Å². The predicted octanol–water partition coefficient (Wildman–Crippen LogP) is 5.28. The summed E-state index contributed by atoms with van der Waals surface area (Å²) >= 11 is 3.44. The number of carbonyl (C=O) groups excluding carboxylic acids is 1. The zero-order valence-electron chi connectivity index (χ0n) is 16.9. The second kappa shape index (κ2) is 9.09. The van der Waals surface area contributed by atoms with E-state index < -0.39 is 0 Å². The summed E-state index contributed by atoms with van der Waals surface area (Å²) in [5, 5.41) is 4.31. The minimum Gasteiger partial charge on any atom is -0.496 e. The Kier molecular flexibility index (Phi) is 6.54. The molecule has 150 valence electrons. The highest BCUT2D eigenvalue weighted by Gasteiger charge is 2.15. The van der Waals surface area contributed by atoms with Gasteiger partial charge in [0.25, 0.3) is 0 Å². The molecular weight excluding hydrogens is 432 g/mol. The van der Waals surface area contributed by atoms with Crippen molar-refractivity contribution in [3.63, 3.8) is 0 Å². The van der Waals surface area contributed by atoms with Crippen molar-refractivity contribution >= 4 is 27.8 Å². The summed E-state index contributed by atoms with van der Waals surface area (Å²) < 4.78 is 14.0. The van der Waals surface area contributed by atoms with Crippen molar-refractivity contribution < 1.29 is 14.3 Å². The lowest BCUT2D eigenvalue weighted by Crippen LogP contribution is -2.00. The molecule has 5 nitrogen and oxygen atoms in total. The number of aryl methyl sites for hydroxylation is 2. The van der Waals surface area contributed by atoms with Gasteiger partial charge in [0.2, 0.25) is 0 Å². The van der Waals surface area contributed by atoms with E-state index in [1.807, 2.05) is 63.4 Å². The third-order valence-corrected chi connectivity index (χ3v) is 5.17. The van der Waals surface area contributed by atoms with Crippen LogP contribution >= 0.6 is 15.9 Å². The van der Waals surface area contributed by atoms with E-state index in [0.717, 1.165) is 38.5 Å². The summed E-state index contributed by atoms with van der Waals surface area (Å²) in [4.78, 5) is 12.6. The van der Waals surface area contributed by atoms with Gasteiger partial charge in [-0.3, -0.25) is 9.48 Å². The van der Waals surface area contributed by atoms with Crippen LogP contribution in [0.3, 0.4) is 0 Å². The Morgan fingerprint density at radius 1 is 1.21 bits per heavy atom. The number of ether oxygens (including phenoxy) is 2. The molecule has 0 aliphatic carbocycles. The van der Waals surface area contributed by atoms with E-state index in [2.05, 4.69) is 21.0 Å². The number of benzene rings is 2. The number of methoxy groups -OCH3 is 1. The Bertz CT molecular complexity index is 1070. The summed E-state index contributed by atoms with van der Waals surface area (Å²) in [6.07, 6.45) is 3.38. The molecule has 0 saturated heterocycles. The van der Waals surface area contributed by atoms with E-state index in [1.54, 1.807) is 23.9 Å². The average Bonchev–Trinajstić information content (AvgIpc) is 2.96. The first-order valence-corrected chi connectivity index (χ1v) is 9.96. The Morgan fingerprint density at radius 3 is 2.66 bits per heavy atom. The third kappa shape index (κ3) is 4.95. The lowest BCUT2D eigenvalue weighted by atomic mass is 10.1. The molecule has 0 spiro atoms. The fourth-order valence-corrected chi connectivity index (χ4v) is 3.50. The zero-order chi connectivity index (χ0) is 21.0. The molecule has 1 heterocycles. The second-order valence-corrected chi connectivity index (χ2v) is 7.60. The normalized spacial score (nSPS) is 11.1. The van der Waals surface area contributed by atoms with Crippen molar-refractivity contribution in [3.05, 3.63) is 81.1 Å². The lowest BCUT2D eigenvalue weighted by molar-refractivity contribution is 0.104. The molecule has 0 amide bonds. The van der Waals surface area contributed by atoms with Crippen molar-refractivity contribution in [1.29, 1.82) is 0 Å². The molecule has 1 aromatic heterocycles. The SMILES string of the molecule is COc1ccc(/C=C/C(=O)c2c(C)nn(C)c2C)cc1COc1cccc(Br)c1. The van der Waals surface area contributed by atoms with Gasteiger partial charge in [-0.15, -0.1) is 0 Å². The third-order valence-electron chi connectivity index (χ3n) is 4.68. The number of carbonyl (C=O) groups is 1. The summed E-state index contributed by atoms with van der Waals surface area (Å²) in [5.74, 6) is 1.44. The molecule has 0 aliphatic rings. The van der Waals surface area contributed by atoms with Crippen molar-refractivity contribution in [3.8, 4) is 11.5 Å². The molecule has 0 N–H and O–H groups in total. The van der Waals surface area contributed by atoms with Crippen LogP contribution in [0, 0.1) is 13.8 Å². The minimum absolute atomic E-state index is 0.0594. The monoisotopic (exact) mass is 454 g/mol. The summed E-state index contributed by atoms with van der Waals surface area (Å²) in [6, 6.07) is 13.4. The number of hydrogen-bond acceptors (Lipinski definition) is 4. The van der Waals surface area contributed by atoms with Gasteiger partial charge >= 0.3 is 0 Å². The predicted molar refractivity (Wildman–Crippen MR) is 118 cm³/mol. The molecule has 0 unspecified atom stereocenters. The van der Waals surface area contributed by atoms with E-state index in [9.17, 15) is 4.79 Å². The topological polar surface area (TPSA) is 53.3 Å². The first-order valence-electron chi connectivity index (χ1n) is 9.17.